The summed E-state index contributed by atoms with van der Waals surface area (Å²) in [6, 6.07) is 15.1. The molecule has 0 saturated heterocycles. The molecule has 2 rings (SSSR count). The van der Waals surface area contributed by atoms with Gasteiger partial charge in [0.05, 0.1) is 0 Å². The zero-order valence-corrected chi connectivity index (χ0v) is 11.1. The van der Waals surface area contributed by atoms with E-state index in [9.17, 15) is 4.79 Å². The van der Waals surface area contributed by atoms with Gasteiger partial charge in [-0.15, -0.1) is 11.8 Å². The van der Waals surface area contributed by atoms with Crippen molar-refractivity contribution in [2.75, 3.05) is 5.73 Å². The van der Waals surface area contributed by atoms with Gasteiger partial charge in [-0.3, -0.25) is 10.2 Å². The number of nitrogen functional groups attached to an aromatic ring is 2. The Morgan fingerprint density at radius 2 is 1.95 bits per heavy atom. The summed E-state index contributed by atoms with van der Waals surface area (Å²) in [5, 5.41) is 0. The maximum Gasteiger partial charge on any atom is 0.265 e. The van der Waals surface area contributed by atoms with Gasteiger partial charge in [0.2, 0.25) is 0 Å². The zero-order chi connectivity index (χ0) is 13.7. The summed E-state index contributed by atoms with van der Waals surface area (Å²) in [5.41, 5.74) is 10.2. The lowest BCUT2D eigenvalue weighted by Gasteiger charge is -2.08. The number of carbonyl (C=O) groups excluding carboxylic acids is 1. The lowest BCUT2D eigenvalue weighted by molar-refractivity contribution is 0.0953. The lowest BCUT2D eigenvalue weighted by Crippen LogP contribution is -2.30. The molecule has 0 saturated carbocycles. The van der Waals surface area contributed by atoms with Gasteiger partial charge in [0.15, 0.2) is 0 Å². The van der Waals surface area contributed by atoms with Gasteiger partial charge in [-0.25, -0.2) is 5.84 Å². The molecule has 1 amide bonds. The Labute approximate surface area is 116 Å². The van der Waals surface area contributed by atoms with Crippen molar-refractivity contribution in [2.45, 2.75) is 10.6 Å². The van der Waals surface area contributed by atoms with Crippen LogP contribution in [0.4, 0.5) is 5.69 Å². The first-order chi connectivity index (χ1) is 9.20. The van der Waals surface area contributed by atoms with Crippen LogP contribution in [0.3, 0.4) is 0 Å². The smallest absolute Gasteiger partial charge is 0.265 e. The molecular weight excluding hydrogens is 258 g/mol. The molecule has 0 spiro atoms. The van der Waals surface area contributed by atoms with E-state index in [4.69, 9.17) is 11.6 Å². The summed E-state index contributed by atoms with van der Waals surface area (Å²) in [7, 11) is 0. The van der Waals surface area contributed by atoms with Crippen LogP contribution in [0.1, 0.15) is 15.9 Å². The molecule has 2 aromatic rings. The van der Waals surface area contributed by atoms with Gasteiger partial charge in [0, 0.05) is 21.9 Å². The monoisotopic (exact) mass is 273 g/mol. The van der Waals surface area contributed by atoms with E-state index >= 15 is 0 Å². The molecule has 0 unspecified atom stereocenters. The van der Waals surface area contributed by atoms with Crippen molar-refractivity contribution >= 4 is 23.4 Å². The van der Waals surface area contributed by atoms with E-state index in [2.05, 4.69) is 5.43 Å². The molecule has 0 atom stereocenters. The number of hydrazine groups is 1. The van der Waals surface area contributed by atoms with Crippen LogP contribution < -0.4 is 17.0 Å². The lowest BCUT2D eigenvalue weighted by atomic mass is 10.1. The predicted molar refractivity (Wildman–Crippen MR) is 78.5 cm³/mol. The van der Waals surface area contributed by atoms with Crippen molar-refractivity contribution < 1.29 is 4.79 Å². The fraction of sp³-hybridized carbons (Fsp3) is 0.0714. The Balaban J connectivity index is 2.13. The van der Waals surface area contributed by atoms with Gasteiger partial charge in [-0.1, -0.05) is 24.3 Å². The minimum absolute atomic E-state index is 0.274. The number of benzene rings is 2. The average molecular weight is 273 g/mol. The number of anilines is 1. The second kappa shape index (κ2) is 6.26. The van der Waals surface area contributed by atoms with E-state index in [1.54, 1.807) is 17.8 Å². The van der Waals surface area contributed by atoms with Crippen LogP contribution in [0.2, 0.25) is 0 Å². The Kier molecular flexibility index (Phi) is 4.43. The first-order valence-corrected chi connectivity index (χ1v) is 6.76. The van der Waals surface area contributed by atoms with E-state index in [-0.39, 0.29) is 5.91 Å². The summed E-state index contributed by atoms with van der Waals surface area (Å²) >= 11 is 1.63. The maximum atomic E-state index is 11.6. The van der Waals surface area contributed by atoms with Gasteiger partial charge in [-0.2, -0.15) is 0 Å². The number of nitrogens with two attached hydrogens (primary N) is 2. The number of nitrogens with one attached hydrogen (secondary N) is 1. The summed E-state index contributed by atoms with van der Waals surface area (Å²) in [5.74, 6) is 5.59. The molecule has 2 aromatic carbocycles. The number of hydrogen-bond acceptors (Lipinski definition) is 4. The Morgan fingerprint density at radius 1 is 1.16 bits per heavy atom. The van der Waals surface area contributed by atoms with Crippen LogP contribution in [0.5, 0.6) is 0 Å². The first kappa shape index (κ1) is 13.5. The van der Waals surface area contributed by atoms with E-state index < -0.39 is 0 Å². The molecule has 0 heterocycles. The fourth-order valence-electron chi connectivity index (χ4n) is 1.71. The molecule has 0 aliphatic rings. The summed E-state index contributed by atoms with van der Waals surface area (Å²) in [6.45, 7) is 0. The number of hydrogen-bond donors (Lipinski definition) is 3. The van der Waals surface area contributed by atoms with E-state index in [0.717, 1.165) is 16.1 Å². The molecule has 0 bridgehead atoms. The van der Waals surface area contributed by atoms with Crippen molar-refractivity contribution in [1.82, 2.24) is 5.43 Å². The van der Waals surface area contributed by atoms with Gasteiger partial charge in [0.25, 0.3) is 5.91 Å². The minimum Gasteiger partial charge on any atom is -0.399 e. The largest absolute Gasteiger partial charge is 0.399 e. The molecule has 19 heavy (non-hydrogen) atoms. The third-order valence-electron chi connectivity index (χ3n) is 2.65. The van der Waals surface area contributed by atoms with Crippen molar-refractivity contribution in [3.8, 4) is 0 Å². The third-order valence-corrected chi connectivity index (χ3v) is 3.69. The molecule has 0 fully saturated rings. The number of amides is 1. The summed E-state index contributed by atoms with van der Waals surface area (Å²) in [6.07, 6.45) is 0. The zero-order valence-electron chi connectivity index (χ0n) is 10.3. The Morgan fingerprint density at radius 3 is 2.68 bits per heavy atom. The first-order valence-electron chi connectivity index (χ1n) is 5.78. The van der Waals surface area contributed by atoms with Crippen molar-refractivity contribution in [3.63, 3.8) is 0 Å². The topological polar surface area (TPSA) is 81.1 Å². The Bertz CT molecular complexity index is 586. The third kappa shape index (κ3) is 3.49. The van der Waals surface area contributed by atoms with Crippen LogP contribution in [-0.2, 0) is 5.75 Å². The Hall–Kier alpha value is -1.98. The van der Waals surface area contributed by atoms with E-state index in [0.29, 0.717) is 11.3 Å². The second-order valence-corrected chi connectivity index (χ2v) is 5.04. The highest BCUT2D eigenvalue weighted by Crippen LogP contribution is 2.25. The highest BCUT2D eigenvalue weighted by atomic mass is 32.2. The van der Waals surface area contributed by atoms with Crippen molar-refractivity contribution in [2.24, 2.45) is 5.84 Å². The highest BCUT2D eigenvalue weighted by molar-refractivity contribution is 7.98. The molecule has 0 aliphatic carbocycles. The fourth-order valence-corrected chi connectivity index (χ4v) is 2.68. The summed E-state index contributed by atoms with van der Waals surface area (Å²) in [4.78, 5) is 12.7. The van der Waals surface area contributed by atoms with Crippen LogP contribution >= 0.6 is 11.8 Å². The van der Waals surface area contributed by atoms with Crippen molar-refractivity contribution in [3.05, 3.63) is 59.7 Å². The average Bonchev–Trinajstić information content (AvgIpc) is 2.45. The molecule has 98 valence electrons. The highest BCUT2D eigenvalue weighted by Gasteiger charge is 2.09. The van der Waals surface area contributed by atoms with Gasteiger partial charge < -0.3 is 5.73 Å². The quantitative estimate of drug-likeness (QED) is 0.262. The maximum absolute atomic E-state index is 11.6. The van der Waals surface area contributed by atoms with E-state index in [1.165, 1.54) is 0 Å². The van der Waals surface area contributed by atoms with Gasteiger partial charge in [0.1, 0.15) is 0 Å². The molecule has 5 N–H and O–H groups in total. The van der Waals surface area contributed by atoms with Crippen LogP contribution in [0.15, 0.2) is 53.4 Å². The standard InChI is InChI=1S/C14H15N3OS/c15-11-5-3-6-12(8-11)19-9-10-4-1-2-7-13(10)14(18)17-16/h1-8H,9,15-16H2,(H,17,18). The molecule has 5 heteroatoms. The van der Waals surface area contributed by atoms with E-state index in [1.807, 2.05) is 42.5 Å². The number of rotatable bonds is 4. The minimum atomic E-state index is -0.274. The van der Waals surface area contributed by atoms with Crippen molar-refractivity contribution in [1.29, 1.82) is 0 Å². The van der Waals surface area contributed by atoms with Gasteiger partial charge >= 0.3 is 0 Å². The summed E-state index contributed by atoms with van der Waals surface area (Å²) < 4.78 is 0. The normalized spacial score (nSPS) is 10.2. The van der Waals surface area contributed by atoms with Gasteiger partial charge in [-0.05, 0) is 29.8 Å². The van der Waals surface area contributed by atoms with Crippen LogP contribution in [0, 0.1) is 0 Å². The molecular formula is C14H15N3OS. The molecule has 0 aliphatic heterocycles. The van der Waals surface area contributed by atoms with Crippen LogP contribution in [-0.4, -0.2) is 5.91 Å². The second-order valence-electron chi connectivity index (χ2n) is 3.99. The number of carbonyl (C=O) groups is 1. The number of thioether (sulfide) groups is 1. The SMILES string of the molecule is NNC(=O)c1ccccc1CSc1cccc(N)c1. The molecule has 4 nitrogen and oxygen atoms in total. The molecule has 0 radical (unpaired) electrons. The predicted octanol–water partition coefficient (Wildman–Crippen LogP) is 2.16. The van der Waals surface area contributed by atoms with Crippen LogP contribution in [0.25, 0.3) is 0 Å². The molecule has 0 aromatic heterocycles.